The quantitative estimate of drug-likeness (QED) is 0.406. The predicted octanol–water partition coefficient (Wildman–Crippen LogP) is 5.80. The molecule has 0 bridgehead atoms. The van der Waals surface area contributed by atoms with Gasteiger partial charge >= 0.3 is 6.18 Å². The zero-order valence-corrected chi connectivity index (χ0v) is 18.5. The number of hydrogen-bond acceptors (Lipinski definition) is 3. The summed E-state index contributed by atoms with van der Waals surface area (Å²) in [6, 6.07) is 10.5. The highest BCUT2D eigenvalue weighted by Gasteiger charge is 2.29. The molecular formula is C24H31F3N4. The summed E-state index contributed by atoms with van der Waals surface area (Å²) in [6.45, 7) is 9.83. The van der Waals surface area contributed by atoms with Gasteiger partial charge in [-0.1, -0.05) is 45.0 Å². The third-order valence-corrected chi connectivity index (χ3v) is 5.73. The summed E-state index contributed by atoms with van der Waals surface area (Å²) in [5.41, 5.74) is 2.90. The first-order chi connectivity index (χ1) is 14.8. The normalized spacial score (nSPS) is 13.3. The van der Waals surface area contributed by atoms with Crippen molar-refractivity contribution in [3.63, 3.8) is 0 Å². The highest BCUT2D eigenvalue weighted by Crippen LogP contribution is 2.30. The summed E-state index contributed by atoms with van der Waals surface area (Å²) in [7, 11) is 0. The molecule has 1 atom stereocenters. The van der Waals surface area contributed by atoms with Gasteiger partial charge in [-0.3, -0.25) is 0 Å². The first-order valence-corrected chi connectivity index (χ1v) is 11.0. The Kier molecular flexibility index (Phi) is 7.70. The minimum absolute atomic E-state index is 0.230. The van der Waals surface area contributed by atoms with E-state index in [9.17, 15) is 13.2 Å². The Morgan fingerprint density at radius 3 is 2.52 bits per heavy atom. The fourth-order valence-corrected chi connectivity index (χ4v) is 4.01. The summed E-state index contributed by atoms with van der Waals surface area (Å²) in [5.74, 6) is 0.477. The highest BCUT2D eigenvalue weighted by atomic mass is 19.4. The number of alkyl halides is 3. The average molecular weight is 433 g/mol. The molecule has 7 heteroatoms. The number of imidazole rings is 1. The van der Waals surface area contributed by atoms with Crippen molar-refractivity contribution in [1.82, 2.24) is 19.5 Å². The molecule has 0 saturated heterocycles. The average Bonchev–Trinajstić information content (AvgIpc) is 3.13. The number of hydrogen-bond donors (Lipinski definition) is 0. The molecule has 0 aliphatic rings. The van der Waals surface area contributed by atoms with Gasteiger partial charge in [0.1, 0.15) is 0 Å². The van der Waals surface area contributed by atoms with Crippen LogP contribution in [0.5, 0.6) is 0 Å². The summed E-state index contributed by atoms with van der Waals surface area (Å²) in [4.78, 5) is 6.78. The van der Waals surface area contributed by atoms with Crippen LogP contribution in [-0.4, -0.2) is 45.3 Å². The Hall–Kier alpha value is -2.41. The highest BCUT2D eigenvalue weighted by molar-refractivity contribution is 5.66. The van der Waals surface area contributed by atoms with Crippen molar-refractivity contribution < 1.29 is 13.2 Å². The van der Waals surface area contributed by atoms with Crippen LogP contribution in [0.4, 0.5) is 13.2 Å². The smallest absolute Gasteiger partial charge is 0.304 e. The lowest BCUT2D eigenvalue weighted by Crippen LogP contribution is -2.24. The van der Waals surface area contributed by atoms with Crippen LogP contribution < -0.4 is 0 Å². The predicted molar refractivity (Wildman–Crippen MR) is 118 cm³/mol. The van der Waals surface area contributed by atoms with Crippen LogP contribution in [0, 0.1) is 5.92 Å². The number of benzene rings is 1. The monoisotopic (exact) mass is 432 g/mol. The first kappa shape index (κ1) is 23.3. The second-order valence-corrected chi connectivity index (χ2v) is 8.17. The van der Waals surface area contributed by atoms with Crippen molar-refractivity contribution in [3.8, 4) is 11.3 Å². The molecule has 2 aromatic heterocycles. The van der Waals surface area contributed by atoms with E-state index in [0.717, 1.165) is 44.6 Å². The van der Waals surface area contributed by atoms with E-state index in [1.807, 2.05) is 12.1 Å². The van der Waals surface area contributed by atoms with E-state index in [0.29, 0.717) is 22.8 Å². The van der Waals surface area contributed by atoms with Crippen molar-refractivity contribution in [2.24, 2.45) is 5.92 Å². The largest absolute Gasteiger partial charge is 0.393 e. The summed E-state index contributed by atoms with van der Waals surface area (Å²) in [6.07, 6.45) is -0.548. The van der Waals surface area contributed by atoms with Crippen LogP contribution in [0.25, 0.3) is 16.9 Å². The molecule has 2 heterocycles. The number of rotatable bonds is 10. The number of nitrogens with zero attached hydrogens (tertiary/aromatic N) is 4. The fraction of sp³-hybridized carbons (Fsp3) is 0.500. The van der Waals surface area contributed by atoms with E-state index < -0.39 is 12.6 Å². The maximum atomic E-state index is 13.0. The molecule has 0 spiro atoms. The topological polar surface area (TPSA) is 33.4 Å². The summed E-state index contributed by atoms with van der Waals surface area (Å²) in [5, 5.41) is 4.73. The van der Waals surface area contributed by atoms with E-state index in [1.165, 1.54) is 6.07 Å². The van der Waals surface area contributed by atoms with Gasteiger partial charge in [0.15, 0.2) is 5.65 Å². The lowest BCUT2D eigenvalue weighted by Gasteiger charge is -2.19. The van der Waals surface area contributed by atoms with E-state index >= 15 is 0 Å². The van der Waals surface area contributed by atoms with Crippen molar-refractivity contribution in [1.29, 1.82) is 0 Å². The standard InChI is InChI=1S/C24H31F3N4/c1-4-30(5-2)14-8-9-18(3)15-20-12-13-23-28-17-22(31(23)29-20)21-11-7-6-10-19(21)16-24(25,26)27/h6-7,10-13,17-18H,4-5,8-9,14-16H2,1-3H3. The minimum Gasteiger partial charge on any atom is -0.304 e. The van der Waals surface area contributed by atoms with Crippen LogP contribution in [-0.2, 0) is 12.8 Å². The molecule has 4 nitrogen and oxygen atoms in total. The zero-order valence-electron chi connectivity index (χ0n) is 18.5. The Morgan fingerprint density at radius 2 is 1.81 bits per heavy atom. The van der Waals surface area contributed by atoms with Gasteiger partial charge in [0.05, 0.1) is 24.0 Å². The molecule has 3 aromatic rings. The molecule has 0 aliphatic carbocycles. The SMILES string of the molecule is CCN(CC)CCCC(C)Cc1ccc2ncc(-c3ccccc3CC(F)(F)F)n2n1. The number of aromatic nitrogens is 3. The van der Waals surface area contributed by atoms with Crippen LogP contribution in [0.15, 0.2) is 42.6 Å². The molecule has 0 N–H and O–H groups in total. The van der Waals surface area contributed by atoms with Gasteiger partial charge < -0.3 is 4.90 Å². The van der Waals surface area contributed by atoms with E-state index in [4.69, 9.17) is 5.10 Å². The minimum atomic E-state index is -4.27. The van der Waals surface area contributed by atoms with Crippen molar-refractivity contribution in [3.05, 3.63) is 53.9 Å². The second kappa shape index (κ2) is 10.3. The van der Waals surface area contributed by atoms with Crippen LogP contribution >= 0.6 is 0 Å². The summed E-state index contributed by atoms with van der Waals surface area (Å²) < 4.78 is 40.8. The molecule has 0 saturated carbocycles. The molecule has 0 fully saturated rings. The molecule has 168 valence electrons. The van der Waals surface area contributed by atoms with Gasteiger partial charge in [0.2, 0.25) is 0 Å². The molecule has 1 aromatic carbocycles. The molecular weight excluding hydrogens is 401 g/mol. The molecule has 3 rings (SSSR count). The number of fused-ring (bicyclic) bond motifs is 1. The van der Waals surface area contributed by atoms with Crippen molar-refractivity contribution >= 4 is 5.65 Å². The van der Waals surface area contributed by atoms with Gasteiger partial charge in [0, 0.05) is 5.56 Å². The third kappa shape index (κ3) is 6.29. The maximum absolute atomic E-state index is 13.0. The van der Waals surface area contributed by atoms with Gasteiger partial charge in [0.25, 0.3) is 0 Å². The maximum Gasteiger partial charge on any atom is 0.393 e. The van der Waals surface area contributed by atoms with Gasteiger partial charge in [-0.15, -0.1) is 0 Å². The van der Waals surface area contributed by atoms with Gasteiger partial charge in [-0.25, -0.2) is 9.50 Å². The molecule has 0 amide bonds. The van der Waals surface area contributed by atoms with Crippen LogP contribution in [0.2, 0.25) is 0 Å². The Balaban J connectivity index is 1.78. The fourth-order valence-electron chi connectivity index (χ4n) is 4.01. The van der Waals surface area contributed by atoms with E-state index in [-0.39, 0.29) is 5.56 Å². The second-order valence-electron chi connectivity index (χ2n) is 8.17. The Bertz CT molecular complexity index is 976. The third-order valence-electron chi connectivity index (χ3n) is 5.73. The number of halogens is 3. The first-order valence-electron chi connectivity index (χ1n) is 11.0. The van der Waals surface area contributed by atoms with Crippen LogP contribution in [0.1, 0.15) is 44.9 Å². The lowest BCUT2D eigenvalue weighted by atomic mass is 9.99. The van der Waals surface area contributed by atoms with Crippen LogP contribution in [0.3, 0.4) is 0 Å². The lowest BCUT2D eigenvalue weighted by molar-refractivity contribution is -0.127. The van der Waals surface area contributed by atoms with Crippen molar-refractivity contribution in [2.75, 3.05) is 19.6 Å². The summed E-state index contributed by atoms with van der Waals surface area (Å²) >= 11 is 0. The molecule has 1 unspecified atom stereocenters. The van der Waals surface area contributed by atoms with Crippen molar-refractivity contribution in [2.45, 2.75) is 52.6 Å². The molecule has 31 heavy (non-hydrogen) atoms. The van der Waals surface area contributed by atoms with E-state index in [2.05, 4.69) is 30.7 Å². The molecule has 0 radical (unpaired) electrons. The van der Waals surface area contributed by atoms with Gasteiger partial charge in [-0.2, -0.15) is 18.3 Å². The molecule has 0 aliphatic heterocycles. The zero-order chi connectivity index (χ0) is 22.4. The Morgan fingerprint density at radius 1 is 1.06 bits per heavy atom. The van der Waals surface area contributed by atoms with E-state index in [1.54, 1.807) is 28.9 Å². The van der Waals surface area contributed by atoms with Gasteiger partial charge in [-0.05, 0) is 62.5 Å². The Labute approximate surface area is 182 Å².